The van der Waals surface area contributed by atoms with Crippen molar-refractivity contribution in [3.8, 4) is 16.9 Å². The van der Waals surface area contributed by atoms with Crippen LogP contribution in [0.15, 0.2) is 36.7 Å². The van der Waals surface area contributed by atoms with E-state index in [4.69, 9.17) is 10.5 Å². The summed E-state index contributed by atoms with van der Waals surface area (Å²) >= 11 is 0. The Bertz CT molecular complexity index is 1050. The number of aromatic nitrogens is 3. The molecule has 2 aliphatic rings. The minimum atomic E-state index is 0.0581. The van der Waals surface area contributed by atoms with Crippen LogP contribution in [0.25, 0.3) is 16.6 Å². The largest absolute Gasteiger partial charge is 0.488 e. The molecule has 144 valence electrons. The number of nitrogens with two attached hydrogens (primary N) is 1. The van der Waals surface area contributed by atoms with Gasteiger partial charge in [0.25, 0.3) is 0 Å². The van der Waals surface area contributed by atoms with Gasteiger partial charge in [-0.1, -0.05) is 0 Å². The predicted octanol–water partition coefficient (Wildman–Crippen LogP) is 2.92. The third kappa shape index (κ3) is 3.33. The van der Waals surface area contributed by atoms with Gasteiger partial charge in [-0.15, -0.1) is 0 Å². The molecule has 0 radical (unpaired) electrons. The Morgan fingerprint density at radius 2 is 2.11 bits per heavy atom. The zero-order valence-electron chi connectivity index (χ0n) is 15.8. The Kier molecular flexibility index (Phi) is 4.05. The van der Waals surface area contributed by atoms with E-state index in [1.165, 1.54) is 0 Å². The first-order valence-corrected chi connectivity index (χ1v) is 9.75. The van der Waals surface area contributed by atoms with E-state index in [9.17, 15) is 4.79 Å². The van der Waals surface area contributed by atoms with Crippen molar-refractivity contribution in [1.82, 2.24) is 14.6 Å². The Balaban J connectivity index is 1.45. The number of pyridine rings is 2. The Morgan fingerprint density at radius 1 is 1.29 bits per heavy atom. The van der Waals surface area contributed by atoms with Crippen molar-refractivity contribution in [2.45, 2.75) is 44.8 Å². The molecule has 3 heterocycles. The molecule has 0 aromatic carbocycles. The molecule has 7 nitrogen and oxygen atoms in total. The summed E-state index contributed by atoms with van der Waals surface area (Å²) in [4.78, 5) is 16.4. The van der Waals surface area contributed by atoms with Crippen molar-refractivity contribution in [2.24, 2.45) is 11.7 Å². The summed E-state index contributed by atoms with van der Waals surface area (Å²) in [7, 11) is 0. The van der Waals surface area contributed by atoms with Gasteiger partial charge in [0.2, 0.25) is 5.91 Å². The van der Waals surface area contributed by atoms with E-state index in [1.807, 2.05) is 37.4 Å². The molecule has 5 rings (SSSR count). The lowest BCUT2D eigenvalue weighted by Crippen LogP contribution is -2.43. The van der Waals surface area contributed by atoms with Crippen molar-refractivity contribution in [3.05, 3.63) is 42.4 Å². The van der Waals surface area contributed by atoms with E-state index in [1.54, 1.807) is 10.7 Å². The Labute approximate surface area is 162 Å². The van der Waals surface area contributed by atoms with Gasteiger partial charge in [0, 0.05) is 35.5 Å². The second kappa shape index (κ2) is 6.60. The quantitative estimate of drug-likeness (QED) is 0.713. The molecule has 0 bridgehead atoms. The monoisotopic (exact) mass is 377 g/mol. The number of fused-ring (bicyclic) bond motifs is 1. The van der Waals surface area contributed by atoms with Gasteiger partial charge in [-0.2, -0.15) is 5.10 Å². The van der Waals surface area contributed by atoms with Crippen molar-refractivity contribution >= 4 is 17.2 Å². The van der Waals surface area contributed by atoms with Crippen molar-refractivity contribution < 1.29 is 9.53 Å². The van der Waals surface area contributed by atoms with Gasteiger partial charge in [0.15, 0.2) is 5.82 Å². The Hall–Kier alpha value is -2.93. The summed E-state index contributed by atoms with van der Waals surface area (Å²) in [6.07, 6.45) is 7.53. The molecule has 28 heavy (non-hydrogen) atoms. The zero-order chi connectivity index (χ0) is 19.3. The van der Waals surface area contributed by atoms with Gasteiger partial charge in [-0.05, 0) is 56.4 Å². The molecular formula is C21H23N5O2. The highest BCUT2D eigenvalue weighted by Crippen LogP contribution is 2.34. The van der Waals surface area contributed by atoms with Gasteiger partial charge >= 0.3 is 0 Å². The minimum absolute atomic E-state index is 0.0581. The summed E-state index contributed by atoms with van der Waals surface area (Å²) < 4.78 is 7.91. The average molecular weight is 377 g/mol. The molecule has 1 amide bonds. The highest BCUT2D eigenvalue weighted by Gasteiger charge is 2.30. The van der Waals surface area contributed by atoms with Crippen LogP contribution in [0.1, 0.15) is 31.4 Å². The maximum Gasteiger partial charge on any atom is 0.228 e. The zero-order valence-corrected chi connectivity index (χ0v) is 15.8. The lowest BCUT2D eigenvalue weighted by molar-refractivity contribution is -0.117. The van der Waals surface area contributed by atoms with Gasteiger partial charge in [0.1, 0.15) is 11.9 Å². The summed E-state index contributed by atoms with van der Waals surface area (Å²) in [6, 6.07) is 8.21. The lowest BCUT2D eigenvalue weighted by Gasteiger charge is -2.33. The van der Waals surface area contributed by atoms with Crippen LogP contribution in [0.3, 0.4) is 0 Å². The highest BCUT2D eigenvalue weighted by atomic mass is 16.5. The maximum absolute atomic E-state index is 12.0. The minimum Gasteiger partial charge on any atom is -0.488 e. The number of carbonyl (C=O) groups is 1. The smallest absolute Gasteiger partial charge is 0.228 e. The lowest BCUT2D eigenvalue weighted by atomic mass is 9.90. The normalized spacial score (nSPS) is 21.4. The van der Waals surface area contributed by atoms with Gasteiger partial charge in [0.05, 0.1) is 11.7 Å². The predicted molar refractivity (Wildman–Crippen MR) is 106 cm³/mol. The number of carbonyl (C=O) groups excluding carboxylic acids is 1. The number of nitrogens with one attached hydrogen (secondary N) is 1. The maximum atomic E-state index is 12.0. The number of ether oxygens (including phenoxy) is 1. The van der Waals surface area contributed by atoms with E-state index in [0.717, 1.165) is 53.8 Å². The number of anilines is 1. The molecular weight excluding hydrogens is 354 g/mol. The topological polar surface area (TPSA) is 94.5 Å². The van der Waals surface area contributed by atoms with Gasteiger partial charge < -0.3 is 15.8 Å². The molecule has 0 aliphatic heterocycles. The van der Waals surface area contributed by atoms with E-state index < -0.39 is 0 Å². The number of hydrogen-bond donors (Lipinski definition) is 2. The second-order valence-corrected chi connectivity index (χ2v) is 7.87. The standard InChI is InChI=1S/C21H23N5O2/c1-12-6-18(19(11-23-12)28-17-8-15(22)9-17)14-4-5-26-16(7-14)10-20(25-26)24-21(27)13-2-3-13/h4-7,10-11,13,15,17H,2-3,8-9,22H2,1H3,(H,24,25,27)/t15-,17+. The van der Waals surface area contributed by atoms with E-state index in [2.05, 4.69) is 15.4 Å². The summed E-state index contributed by atoms with van der Waals surface area (Å²) in [5, 5.41) is 7.35. The fraction of sp³-hybridized carbons (Fsp3) is 0.381. The van der Waals surface area contributed by atoms with Crippen molar-refractivity contribution in [1.29, 1.82) is 0 Å². The van der Waals surface area contributed by atoms with Crippen LogP contribution < -0.4 is 15.8 Å². The molecule has 0 unspecified atom stereocenters. The van der Waals surface area contributed by atoms with Crippen LogP contribution in [-0.4, -0.2) is 32.7 Å². The van der Waals surface area contributed by atoms with Crippen LogP contribution >= 0.6 is 0 Å². The van der Waals surface area contributed by atoms with Gasteiger partial charge in [-0.3, -0.25) is 9.78 Å². The van der Waals surface area contributed by atoms with Crippen LogP contribution in [-0.2, 0) is 4.79 Å². The van der Waals surface area contributed by atoms with E-state index in [-0.39, 0.29) is 24.0 Å². The van der Waals surface area contributed by atoms with Gasteiger partial charge in [-0.25, -0.2) is 4.52 Å². The summed E-state index contributed by atoms with van der Waals surface area (Å²) in [5.74, 6) is 1.57. The van der Waals surface area contributed by atoms with Crippen LogP contribution in [0.2, 0.25) is 0 Å². The first-order chi connectivity index (χ1) is 13.5. The third-order valence-corrected chi connectivity index (χ3v) is 5.40. The van der Waals surface area contributed by atoms with Crippen molar-refractivity contribution in [3.63, 3.8) is 0 Å². The number of aryl methyl sites for hydroxylation is 1. The first kappa shape index (κ1) is 17.2. The fourth-order valence-electron chi connectivity index (χ4n) is 3.55. The molecule has 0 saturated heterocycles. The number of hydrogen-bond acceptors (Lipinski definition) is 5. The van der Waals surface area contributed by atoms with Crippen LogP contribution in [0, 0.1) is 12.8 Å². The summed E-state index contributed by atoms with van der Waals surface area (Å²) in [6.45, 7) is 1.97. The van der Waals surface area contributed by atoms with Crippen LogP contribution in [0.5, 0.6) is 5.75 Å². The first-order valence-electron chi connectivity index (χ1n) is 9.75. The Morgan fingerprint density at radius 3 is 2.86 bits per heavy atom. The fourth-order valence-corrected chi connectivity index (χ4v) is 3.55. The third-order valence-electron chi connectivity index (χ3n) is 5.40. The van der Waals surface area contributed by atoms with Crippen molar-refractivity contribution in [2.75, 3.05) is 5.32 Å². The molecule has 2 saturated carbocycles. The molecule has 7 heteroatoms. The van der Waals surface area contributed by atoms with E-state index in [0.29, 0.717) is 5.82 Å². The molecule has 2 fully saturated rings. The number of nitrogens with zero attached hydrogens (tertiary/aromatic N) is 3. The number of rotatable bonds is 5. The SMILES string of the molecule is Cc1cc(-c2ccn3nc(NC(=O)C4CC4)cc3c2)c(O[C@H]2C[C@@H](N)C2)cn1. The average Bonchev–Trinajstić information content (AvgIpc) is 3.42. The molecule has 0 spiro atoms. The molecule has 3 aromatic rings. The van der Waals surface area contributed by atoms with Crippen LogP contribution in [0.4, 0.5) is 5.82 Å². The molecule has 3 N–H and O–H groups in total. The second-order valence-electron chi connectivity index (χ2n) is 7.87. The summed E-state index contributed by atoms with van der Waals surface area (Å²) in [5.41, 5.74) is 9.75. The molecule has 3 aromatic heterocycles. The number of amides is 1. The molecule has 0 atom stereocenters. The highest BCUT2D eigenvalue weighted by molar-refractivity contribution is 5.93. The molecule has 2 aliphatic carbocycles. The van der Waals surface area contributed by atoms with E-state index >= 15 is 0 Å².